The number of rotatable bonds is 3. The molecule has 0 radical (unpaired) electrons. The number of benzene rings is 1. The summed E-state index contributed by atoms with van der Waals surface area (Å²) < 4.78 is 0. The van der Waals surface area contributed by atoms with Gasteiger partial charge in [0.25, 0.3) is 0 Å². The maximum Gasteiger partial charge on any atom is 0.222 e. The molecule has 2 rings (SSSR count). The highest BCUT2D eigenvalue weighted by atomic mass is 16.2. The molecule has 0 aliphatic carbocycles. The summed E-state index contributed by atoms with van der Waals surface area (Å²) in [6.45, 7) is 2.21. The van der Waals surface area contributed by atoms with E-state index in [-0.39, 0.29) is 5.91 Å². The number of nitrogens with zero attached hydrogens (tertiary/aromatic N) is 1. The van der Waals surface area contributed by atoms with Crippen LogP contribution in [0.5, 0.6) is 0 Å². The van der Waals surface area contributed by atoms with Crippen molar-refractivity contribution in [3.63, 3.8) is 0 Å². The van der Waals surface area contributed by atoms with Gasteiger partial charge in [-0.15, -0.1) is 0 Å². The van der Waals surface area contributed by atoms with Gasteiger partial charge in [0.05, 0.1) is 0 Å². The zero-order valence-electron chi connectivity index (χ0n) is 9.43. The molecule has 1 unspecified atom stereocenters. The summed E-state index contributed by atoms with van der Waals surface area (Å²) in [5, 5.41) is 0. The van der Waals surface area contributed by atoms with Crippen LogP contribution in [0.2, 0.25) is 0 Å². The first kappa shape index (κ1) is 11.1. The van der Waals surface area contributed by atoms with Gasteiger partial charge in [-0.3, -0.25) is 4.79 Å². The maximum atomic E-state index is 11.7. The van der Waals surface area contributed by atoms with Gasteiger partial charge in [-0.25, -0.2) is 0 Å². The van der Waals surface area contributed by atoms with Gasteiger partial charge in [0.15, 0.2) is 0 Å². The molecule has 2 N–H and O–H groups in total. The van der Waals surface area contributed by atoms with Gasteiger partial charge in [-0.1, -0.05) is 30.3 Å². The van der Waals surface area contributed by atoms with Crippen molar-refractivity contribution in [3.05, 3.63) is 35.9 Å². The van der Waals surface area contributed by atoms with E-state index in [0.29, 0.717) is 18.9 Å². The van der Waals surface area contributed by atoms with E-state index in [1.165, 1.54) is 5.56 Å². The first-order chi connectivity index (χ1) is 7.79. The smallest absolute Gasteiger partial charge is 0.222 e. The molecule has 0 saturated carbocycles. The Morgan fingerprint density at radius 1 is 1.31 bits per heavy atom. The highest BCUT2D eigenvalue weighted by Gasteiger charge is 2.24. The first-order valence-electron chi connectivity index (χ1n) is 5.81. The Labute approximate surface area is 96.2 Å². The zero-order chi connectivity index (χ0) is 11.4. The lowest BCUT2D eigenvalue weighted by Gasteiger charge is -2.32. The lowest BCUT2D eigenvalue weighted by atomic mass is 9.97. The summed E-state index contributed by atoms with van der Waals surface area (Å²) in [4.78, 5) is 13.7. The van der Waals surface area contributed by atoms with E-state index >= 15 is 0 Å². The molecule has 0 aromatic heterocycles. The third kappa shape index (κ3) is 2.61. The lowest BCUT2D eigenvalue weighted by molar-refractivity contribution is -0.135. The Balaban J connectivity index is 2.00. The lowest BCUT2D eigenvalue weighted by Crippen LogP contribution is -2.41. The highest BCUT2D eigenvalue weighted by Crippen LogP contribution is 2.18. The molecule has 3 nitrogen and oxygen atoms in total. The third-order valence-electron chi connectivity index (χ3n) is 3.15. The van der Waals surface area contributed by atoms with Gasteiger partial charge in [-0.2, -0.15) is 0 Å². The van der Waals surface area contributed by atoms with E-state index in [9.17, 15) is 4.79 Å². The van der Waals surface area contributed by atoms with E-state index in [1.54, 1.807) is 0 Å². The fourth-order valence-corrected chi connectivity index (χ4v) is 2.14. The van der Waals surface area contributed by atoms with Crippen LogP contribution in [0.25, 0.3) is 0 Å². The molecule has 1 amide bonds. The molecule has 1 atom stereocenters. The summed E-state index contributed by atoms with van der Waals surface area (Å²) in [5.41, 5.74) is 6.85. The average molecular weight is 218 g/mol. The van der Waals surface area contributed by atoms with E-state index in [2.05, 4.69) is 12.1 Å². The van der Waals surface area contributed by atoms with Crippen LogP contribution in [0.3, 0.4) is 0 Å². The van der Waals surface area contributed by atoms with E-state index < -0.39 is 0 Å². The van der Waals surface area contributed by atoms with Crippen LogP contribution in [0.15, 0.2) is 30.3 Å². The number of carbonyl (C=O) groups excluding carboxylic acids is 1. The standard InChI is InChI=1S/C13H18N2O/c14-8-12-6-7-13(16)15(10-12)9-11-4-2-1-3-5-11/h1-5,12H,6-10,14H2. The molecule has 0 spiro atoms. The number of hydrogen-bond acceptors (Lipinski definition) is 2. The summed E-state index contributed by atoms with van der Waals surface area (Å²) in [6, 6.07) is 10.1. The maximum absolute atomic E-state index is 11.7. The minimum atomic E-state index is 0.258. The Kier molecular flexibility index (Phi) is 3.57. The molecule has 1 aromatic carbocycles. The van der Waals surface area contributed by atoms with Gasteiger partial charge < -0.3 is 10.6 Å². The molecule has 1 aliphatic rings. The topological polar surface area (TPSA) is 46.3 Å². The van der Waals surface area contributed by atoms with Crippen LogP contribution in [-0.2, 0) is 11.3 Å². The molecular weight excluding hydrogens is 200 g/mol. The molecule has 16 heavy (non-hydrogen) atoms. The summed E-state index contributed by atoms with van der Waals surface area (Å²) >= 11 is 0. The van der Waals surface area contributed by atoms with Crippen molar-refractivity contribution in [1.29, 1.82) is 0 Å². The predicted octanol–water partition coefficient (Wildman–Crippen LogP) is 1.38. The minimum Gasteiger partial charge on any atom is -0.338 e. The van der Waals surface area contributed by atoms with Crippen molar-refractivity contribution in [1.82, 2.24) is 4.90 Å². The predicted molar refractivity (Wildman–Crippen MR) is 63.6 cm³/mol. The van der Waals surface area contributed by atoms with Crippen LogP contribution < -0.4 is 5.73 Å². The van der Waals surface area contributed by atoms with Crippen LogP contribution in [0.1, 0.15) is 18.4 Å². The third-order valence-corrected chi connectivity index (χ3v) is 3.15. The van der Waals surface area contributed by atoms with Crippen molar-refractivity contribution in [3.8, 4) is 0 Å². The normalized spacial score (nSPS) is 21.2. The second-order valence-corrected chi connectivity index (χ2v) is 4.40. The number of hydrogen-bond donors (Lipinski definition) is 1. The number of nitrogens with two attached hydrogens (primary N) is 1. The van der Waals surface area contributed by atoms with Crippen LogP contribution in [0, 0.1) is 5.92 Å². The molecule has 86 valence electrons. The van der Waals surface area contributed by atoms with Crippen molar-refractivity contribution in [2.24, 2.45) is 11.7 Å². The van der Waals surface area contributed by atoms with Crippen molar-refractivity contribution >= 4 is 5.91 Å². The monoisotopic (exact) mass is 218 g/mol. The minimum absolute atomic E-state index is 0.258. The molecule has 1 aliphatic heterocycles. The fourth-order valence-electron chi connectivity index (χ4n) is 2.14. The average Bonchev–Trinajstić information content (AvgIpc) is 2.33. The van der Waals surface area contributed by atoms with Crippen molar-refractivity contribution in [2.45, 2.75) is 19.4 Å². The SMILES string of the molecule is NCC1CCC(=O)N(Cc2ccccc2)C1. The highest BCUT2D eigenvalue weighted by molar-refractivity contribution is 5.76. The summed E-state index contributed by atoms with van der Waals surface area (Å²) in [6.07, 6.45) is 1.59. The van der Waals surface area contributed by atoms with Gasteiger partial charge >= 0.3 is 0 Å². The molecule has 1 saturated heterocycles. The Morgan fingerprint density at radius 2 is 2.06 bits per heavy atom. The molecular formula is C13H18N2O. The largest absolute Gasteiger partial charge is 0.338 e. The van der Waals surface area contributed by atoms with Crippen molar-refractivity contribution in [2.75, 3.05) is 13.1 Å². The van der Waals surface area contributed by atoms with Crippen LogP contribution in [-0.4, -0.2) is 23.9 Å². The molecule has 3 heteroatoms. The Bertz CT molecular complexity index is 350. The molecule has 0 bridgehead atoms. The summed E-state index contributed by atoms with van der Waals surface area (Å²) in [7, 11) is 0. The van der Waals surface area contributed by atoms with Gasteiger partial charge in [-0.05, 0) is 24.4 Å². The number of piperidine rings is 1. The van der Waals surface area contributed by atoms with E-state index in [4.69, 9.17) is 5.73 Å². The summed E-state index contributed by atoms with van der Waals surface area (Å²) in [5.74, 6) is 0.731. The van der Waals surface area contributed by atoms with Crippen molar-refractivity contribution < 1.29 is 4.79 Å². The quantitative estimate of drug-likeness (QED) is 0.833. The second-order valence-electron chi connectivity index (χ2n) is 4.40. The van der Waals surface area contributed by atoms with E-state index in [1.807, 2.05) is 23.1 Å². The van der Waals surface area contributed by atoms with Gasteiger partial charge in [0.2, 0.25) is 5.91 Å². The first-order valence-corrected chi connectivity index (χ1v) is 5.81. The molecule has 1 fully saturated rings. The Morgan fingerprint density at radius 3 is 2.75 bits per heavy atom. The van der Waals surface area contributed by atoms with Gasteiger partial charge in [0, 0.05) is 19.5 Å². The van der Waals surface area contributed by atoms with Crippen LogP contribution in [0.4, 0.5) is 0 Å². The molecule has 1 heterocycles. The second kappa shape index (κ2) is 5.12. The molecule has 1 aromatic rings. The number of amides is 1. The van der Waals surface area contributed by atoms with E-state index in [0.717, 1.165) is 19.5 Å². The van der Waals surface area contributed by atoms with Gasteiger partial charge in [0.1, 0.15) is 0 Å². The van der Waals surface area contributed by atoms with Crippen LogP contribution >= 0.6 is 0 Å². The number of carbonyl (C=O) groups is 1. The number of likely N-dealkylation sites (tertiary alicyclic amines) is 1. The Hall–Kier alpha value is -1.35. The fraction of sp³-hybridized carbons (Fsp3) is 0.462. The zero-order valence-corrected chi connectivity index (χ0v) is 9.43.